The van der Waals surface area contributed by atoms with Crippen molar-refractivity contribution in [3.8, 4) is 5.75 Å². The average molecular weight is 248 g/mol. The number of carbonyl (C=O) groups excluding carboxylic acids is 1. The first kappa shape index (κ1) is 12.2. The Labute approximate surface area is 103 Å². The van der Waals surface area contributed by atoms with Crippen molar-refractivity contribution in [1.82, 2.24) is 0 Å². The van der Waals surface area contributed by atoms with E-state index in [4.69, 9.17) is 0 Å². The lowest BCUT2D eigenvalue weighted by Gasteiger charge is -2.05. The van der Waals surface area contributed by atoms with Gasteiger partial charge in [-0.3, -0.25) is 4.79 Å². The molecule has 18 heavy (non-hydrogen) atoms. The zero-order chi connectivity index (χ0) is 13.1. The first-order valence-electron chi connectivity index (χ1n) is 5.33. The molecule has 0 saturated heterocycles. The third kappa shape index (κ3) is 2.37. The fourth-order valence-corrected chi connectivity index (χ4v) is 1.66. The van der Waals surface area contributed by atoms with Gasteiger partial charge < -0.3 is 5.11 Å². The van der Waals surface area contributed by atoms with Gasteiger partial charge in [0.2, 0.25) is 0 Å². The molecule has 1 N–H and O–H groups in total. The predicted molar refractivity (Wildman–Crippen MR) is 62.5 cm³/mol. The molecule has 0 aliphatic rings. The van der Waals surface area contributed by atoms with Crippen LogP contribution in [0, 0.1) is 11.6 Å². The van der Waals surface area contributed by atoms with Gasteiger partial charge in [0, 0.05) is 6.42 Å². The fourth-order valence-electron chi connectivity index (χ4n) is 1.66. The Morgan fingerprint density at radius 2 is 1.78 bits per heavy atom. The van der Waals surface area contributed by atoms with Crippen molar-refractivity contribution < 1.29 is 18.7 Å². The van der Waals surface area contributed by atoms with Gasteiger partial charge in [-0.25, -0.2) is 8.78 Å². The van der Waals surface area contributed by atoms with E-state index in [-0.39, 0.29) is 23.3 Å². The number of halogens is 2. The van der Waals surface area contributed by atoms with E-state index in [1.54, 1.807) is 12.1 Å². The summed E-state index contributed by atoms with van der Waals surface area (Å²) in [7, 11) is 0. The minimum atomic E-state index is -1.03. The lowest BCUT2D eigenvalue weighted by molar-refractivity contribution is 0.0989. The Kier molecular flexibility index (Phi) is 3.37. The maximum Gasteiger partial charge on any atom is 0.171 e. The number of benzene rings is 2. The van der Waals surface area contributed by atoms with Crippen LogP contribution < -0.4 is 0 Å². The van der Waals surface area contributed by atoms with Crippen LogP contribution in [0.1, 0.15) is 15.9 Å². The second kappa shape index (κ2) is 4.96. The minimum Gasteiger partial charge on any atom is -0.507 e. The topological polar surface area (TPSA) is 37.3 Å². The molecule has 0 atom stereocenters. The average Bonchev–Trinajstić information content (AvgIpc) is 2.35. The van der Waals surface area contributed by atoms with Crippen molar-refractivity contribution in [2.45, 2.75) is 6.42 Å². The summed E-state index contributed by atoms with van der Waals surface area (Å²) in [6.45, 7) is 0. The van der Waals surface area contributed by atoms with Gasteiger partial charge in [-0.15, -0.1) is 0 Å². The Bertz CT molecular complexity index is 594. The highest BCUT2D eigenvalue weighted by atomic mass is 19.2. The summed E-state index contributed by atoms with van der Waals surface area (Å²) >= 11 is 0. The maximum atomic E-state index is 13.4. The standard InChI is InChI=1S/C14H10F2O2/c15-11-6-3-4-9(14(11)16)8-13(18)10-5-1-2-7-12(10)17/h1-7,17H,8H2. The maximum absolute atomic E-state index is 13.4. The third-order valence-corrected chi connectivity index (χ3v) is 2.59. The van der Waals surface area contributed by atoms with Crippen LogP contribution in [0.2, 0.25) is 0 Å². The molecule has 2 rings (SSSR count). The summed E-state index contributed by atoms with van der Waals surface area (Å²) in [5, 5.41) is 9.49. The zero-order valence-corrected chi connectivity index (χ0v) is 9.36. The Morgan fingerprint density at radius 3 is 2.50 bits per heavy atom. The molecular weight excluding hydrogens is 238 g/mol. The first-order valence-corrected chi connectivity index (χ1v) is 5.33. The second-order valence-corrected chi connectivity index (χ2v) is 3.83. The van der Waals surface area contributed by atoms with Crippen molar-refractivity contribution in [1.29, 1.82) is 0 Å². The van der Waals surface area contributed by atoms with Crippen LogP contribution in [0.4, 0.5) is 8.78 Å². The molecule has 0 radical (unpaired) electrons. The summed E-state index contributed by atoms with van der Waals surface area (Å²) in [4.78, 5) is 11.8. The van der Waals surface area contributed by atoms with Gasteiger partial charge in [-0.05, 0) is 23.8 Å². The highest BCUT2D eigenvalue weighted by molar-refractivity contribution is 5.99. The SMILES string of the molecule is O=C(Cc1cccc(F)c1F)c1ccccc1O. The predicted octanol–water partition coefficient (Wildman–Crippen LogP) is 3.10. The van der Waals surface area contributed by atoms with Crippen molar-refractivity contribution in [2.24, 2.45) is 0 Å². The zero-order valence-electron chi connectivity index (χ0n) is 9.36. The van der Waals surface area contributed by atoms with Gasteiger partial charge in [0.1, 0.15) is 5.75 Å². The van der Waals surface area contributed by atoms with Gasteiger partial charge in [0.25, 0.3) is 0 Å². The molecular formula is C14H10F2O2. The molecule has 0 saturated carbocycles. The van der Waals surface area contributed by atoms with Crippen LogP contribution in [-0.2, 0) is 6.42 Å². The van der Waals surface area contributed by atoms with E-state index in [9.17, 15) is 18.7 Å². The summed E-state index contributed by atoms with van der Waals surface area (Å²) in [6, 6.07) is 9.65. The number of hydrogen-bond acceptors (Lipinski definition) is 2. The molecule has 2 nitrogen and oxygen atoms in total. The monoisotopic (exact) mass is 248 g/mol. The summed E-state index contributed by atoms with van der Waals surface area (Å²) < 4.78 is 26.4. The molecule has 0 aromatic heterocycles. The number of rotatable bonds is 3. The Balaban J connectivity index is 2.27. The van der Waals surface area contributed by atoms with Crippen molar-refractivity contribution >= 4 is 5.78 Å². The fraction of sp³-hybridized carbons (Fsp3) is 0.0714. The lowest BCUT2D eigenvalue weighted by atomic mass is 10.0. The van der Waals surface area contributed by atoms with E-state index in [0.29, 0.717) is 0 Å². The van der Waals surface area contributed by atoms with Gasteiger partial charge in [-0.1, -0.05) is 24.3 Å². The molecule has 0 spiro atoms. The van der Waals surface area contributed by atoms with E-state index >= 15 is 0 Å². The van der Waals surface area contributed by atoms with E-state index < -0.39 is 17.4 Å². The molecule has 0 amide bonds. The van der Waals surface area contributed by atoms with E-state index in [2.05, 4.69) is 0 Å². The van der Waals surface area contributed by atoms with Crippen LogP contribution in [-0.4, -0.2) is 10.9 Å². The molecule has 92 valence electrons. The van der Waals surface area contributed by atoms with E-state index in [1.807, 2.05) is 0 Å². The van der Waals surface area contributed by atoms with Crippen LogP contribution in [0.3, 0.4) is 0 Å². The van der Waals surface area contributed by atoms with Crippen LogP contribution >= 0.6 is 0 Å². The van der Waals surface area contributed by atoms with Gasteiger partial charge in [0.05, 0.1) is 5.56 Å². The quantitative estimate of drug-likeness (QED) is 0.847. The molecule has 0 aliphatic carbocycles. The first-order chi connectivity index (χ1) is 8.59. The number of hydrogen-bond donors (Lipinski definition) is 1. The highest BCUT2D eigenvalue weighted by Gasteiger charge is 2.15. The van der Waals surface area contributed by atoms with E-state index in [1.165, 1.54) is 24.3 Å². The largest absolute Gasteiger partial charge is 0.507 e. The van der Waals surface area contributed by atoms with Crippen LogP contribution in [0.15, 0.2) is 42.5 Å². The number of carbonyl (C=O) groups is 1. The second-order valence-electron chi connectivity index (χ2n) is 3.83. The van der Waals surface area contributed by atoms with Crippen molar-refractivity contribution in [3.05, 3.63) is 65.2 Å². The molecule has 2 aromatic carbocycles. The van der Waals surface area contributed by atoms with Gasteiger partial charge >= 0.3 is 0 Å². The molecule has 0 heterocycles. The van der Waals surface area contributed by atoms with Gasteiger partial charge in [0.15, 0.2) is 17.4 Å². The van der Waals surface area contributed by atoms with E-state index in [0.717, 1.165) is 6.07 Å². The number of ketones is 1. The summed E-state index contributed by atoms with van der Waals surface area (Å²) in [5.41, 5.74) is 0.0735. The van der Waals surface area contributed by atoms with Gasteiger partial charge in [-0.2, -0.15) is 0 Å². The minimum absolute atomic E-state index is 0.0248. The number of aromatic hydroxyl groups is 1. The Morgan fingerprint density at radius 1 is 1.06 bits per heavy atom. The smallest absolute Gasteiger partial charge is 0.171 e. The highest BCUT2D eigenvalue weighted by Crippen LogP contribution is 2.19. The molecule has 2 aromatic rings. The van der Waals surface area contributed by atoms with Crippen LogP contribution in [0.25, 0.3) is 0 Å². The summed E-state index contributed by atoms with van der Waals surface area (Å²) in [6.07, 6.45) is -0.291. The number of phenols is 1. The number of phenolic OH excluding ortho intramolecular Hbond substituents is 1. The van der Waals surface area contributed by atoms with Crippen molar-refractivity contribution in [3.63, 3.8) is 0 Å². The number of para-hydroxylation sites is 1. The van der Waals surface area contributed by atoms with Crippen LogP contribution in [0.5, 0.6) is 5.75 Å². The third-order valence-electron chi connectivity index (χ3n) is 2.59. The number of Topliss-reactive ketones (excluding diaryl/α,β-unsaturated/α-hetero) is 1. The molecule has 0 bridgehead atoms. The summed E-state index contributed by atoms with van der Waals surface area (Å²) in [5.74, 6) is -2.64. The normalized spacial score (nSPS) is 10.3. The van der Waals surface area contributed by atoms with Crippen molar-refractivity contribution in [2.75, 3.05) is 0 Å². The molecule has 4 heteroatoms. The molecule has 0 fully saturated rings. The Hall–Kier alpha value is -2.23. The lowest BCUT2D eigenvalue weighted by Crippen LogP contribution is -2.06. The molecule has 0 aliphatic heterocycles. The molecule has 0 unspecified atom stereocenters.